The number of carbonyl (C=O) groups is 1. The second-order valence-corrected chi connectivity index (χ2v) is 9.46. The normalized spacial score (nSPS) is 27.2. The number of hydrogen-bond acceptors (Lipinski definition) is 3. The highest BCUT2D eigenvalue weighted by molar-refractivity contribution is 6.35. The van der Waals surface area contributed by atoms with Crippen LogP contribution in [0.25, 0.3) is 0 Å². The number of nitrogens with zero attached hydrogens (tertiary/aromatic N) is 2. The molecule has 0 radical (unpaired) electrons. The first-order valence-corrected chi connectivity index (χ1v) is 9.51. The summed E-state index contributed by atoms with van der Waals surface area (Å²) in [6.45, 7) is 7.76. The number of fused-ring (bicyclic) bond motifs is 2. The van der Waals surface area contributed by atoms with Crippen molar-refractivity contribution in [2.24, 2.45) is 10.8 Å². The fourth-order valence-corrected chi connectivity index (χ4v) is 5.08. The lowest BCUT2D eigenvalue weighted by atomic mass is 9.65. The second-order valence-electron chi connectivity index (χ2n) is 8.62. The molecule has 1 heterocycles. The number of likely N-dealkylation sites (tertiary alicyclic amines) is 1. The van der Waals surface area contributed by atoms with Gasteiger partial charge in [0.2, 0.25) is 0 Å². The van der Waals surface area contributed by atoms with Crippen LogP contribution in [0.1, 0.15) is 40.0 Å². The molecule has 1 amide bonds. The molecule has 2 unspecified atom stereocenters. The Kier molecular flexibility index (Phi) is 4.98. The third-order valence-corrected chi connectivity index (χ3v) is 5.86. The van der Waals surface area contributed by atoms with Gasteiger partial charge in [0.1, 0.15) is 11.6 Å². The Balaban J connectivity index is 1.80. The van der Waals surface area contributed by atoms with Crippen LogP contribution >= 0.6 is 23.2 Å². The molecule has 3 rings (SSSR count). The van der Waals surface area contributed by atoms with E-state index in [1.54, 1.807) is 24.4 Å². The topological polar surface area (TPSA) is 56.1 Å². The predicted molar refractivity (Wildman–Crippen MR) is 105 cm³/mol. The van der Waals surface area contributed by atoms with Crippen LogP contribution in [0.4, 0.5) is 5.69 Å². The van der Waals surface area contributed by atoms with Crippen LogP contribution in [-0.2, 0) is 4.79 Å². The average Bonchev–Trinajstić information content (AvgIpc) is 2.76. The first-order chi connectivity index (χ1) is 12.1. The van der Waals surface area contributed by atoms with Gasteiger partial charge in [-0.25, -0.2) is 0 Å². The Morgan fingerprint density at radius 1 is 1.35 bits per heavy atom. The Labute approximate surface area is 164 Å². The highest BCUT2D eigenvalue weighted by Gasteiger charge is 2.48. The molecule has 1 aliphatic heterocycles. The summed E-state index contributed by atoms with van der Waals surface area (Å²) in [6, 6.07) is 7.23. The van der Waals surface area contributed by atoms with Gasteiger partial charge in [-0.3, -0.25) is 4.79 Å². The quantitative estimate of drug-likeness (QED) is 0.565. The molecule has 0 aromatic heterocycles. The zero-order valence-corrected chi connectivity index (χ0v) is 16.8. The molecule has 1 N–H and O–H groups in total. The molecular formula is C20H23Cl2N3O. The highest BCUT2D eigenvalue weighted by atomic mass is 35.5. The number of rotatable bonds is 3. The van der Waals surface area contributed by atoms with Gasteiger partial charge in [0.15, 0.2) is 0 Å². The number of benzene rings is 1. The Morgan fingerprint density at radius 3 is 2.77 bits per heavy atom. The molecule has 1 aromatic rings. The van der Waals surface area contributed by atoms with E-state index in [0.29, 0.717) is 21.8 Å². The van der Waals surface area contributed by atoms with Gasteiger partial charge >= 0.3 is 0 Å². The molecule has 1 aliphatic carbocycles. The second kappa shape index (κ2) is 6.79. The average molecular weight is 392 g/mol. The lowest BCUT2D eigenvalue weighted by Crippen LogP contribution is -2.33. The molecule has 2 bridgehead atoms. The molecule has 6 heteroatoms. The van der Waals surface area contributed by atoms with Crippen molar-refractivity contribution in [1.29, 1.82) is 5.26 Å². The summed E-state index contributed by atoms with van der Waals surface area (Å²) in [5.41, 5.74) is 0.994. The minimum atomic E-state index is -0.470. The SMILES string of the molecule is CC1(C)CC2CC(C)(CN2/C=C(/C#N)C(=O)Nc2cc(Cl)ccc2Cl)C1. The van der Waals surface area contributed by atoms with E-state index in [-0.39, 0.29) is 16.4 Å². The fourth-order valence-electron chi connectivity index (χ4n) is 4.74. The van der Waals surface area contributed by atoms with Gasteiger partial charge in [-0.15, -0.1) is 0 Å². The zero-order valence-electron chi connectivity index (χ0n) is 15.3. The van der Waals surface area contributed by atoms with E-state index in [9.17, 15) is 10.1 Å². The maximum atomic E-state index is 12.6. The van der Waals surface area contributed by atoms with Gasteiger partial charge in [0, 0.05) is 23.8 Å². The van der Waals surface area contributed by atoms with Crippen molar-refractivity contribution in [3.63, 3.8) is 0 Å². The summed E-state index contributed by atoms with van der Waals surface area (Å²) < 4.78 is 0. The summed E-state index contributed by atoms with van der Waals surface area (Å²) in [6.07, 6.45) is 5.05. The number of hydrogen-bond donors (Lipinski definition) is 1. The zero-order chi connectivity index (χ0) is 19.1. The lowest BCUT2D eigenvalue weighted by molar-refractivity contribution is -0.112. The van der Waals surface area contributed by atoms with E-state index in [1.165, 1.54) is 0 Å². The van der Waals surface area contributed by atoms with Crippen LogP contribution < -0.4 is 5.32 Å². The van der Waals surface area contributed by atoms with E-state index in [1.807, 2.05) is 6.07 Å². The maximum absolute atomic E-state index is 12.6. The standard InChI is InChI=1S/C20H23Cl2N3O/c1-19(2)7-15-8-20(3,11-19)12-25(15)10-13(9-23)18(26)24-17-6-14(21)4-5-16(17)22/h4-6,10,15H,7-8,11-12H2,1-3H3,(H,24,26)/b13-10-. The van der Waals surface area contributed by atoms with Crippen molar-refractivity contribution in [2.45, 2.75) is 46.1 Å². The van der Waals surface area contributed by atoms with Gasteiger partial charge in [-0.1, -0.05) is 44.0 Å². The van der Waals surface area contributed by atoms with Crippen LogP contribution in [0.5, 0.6) is 0 Å². The number of halogens is 2. The summed E-state index contributed by atoms with van der Waals surface area (Å²) in [4.78, 5) is 14.7. The van der Waals surface area contributed by atoms with Crippen molar-refractivity contribution >= 4 is 34.8 Å². The molecule has 1 saturated carbocycles. The minimum Gasteiger partial charge on any atom is -0.373 e. The first kappa shape index (κ1) is 19.1. The maximum Gasteiger partial charge on any atom is 0.267 e. The summed E-state index contributed by atoms with van der Waals surface area (Å²) in [5.74, 6) is -0.470. The van der Waals surface area contributed by atoms with Crippen molar-refractivity contribution in [3.05, 3.63) is 40.0 Å². The predicted octanol–water partition coefficient (Wildman–Crippen LogP) is 5.24. The van der Waals surface area contributed by atoms with Gasteiger partial charge in [-0.2, -0.15) is 5.26 Å². The molecular weight excluding hydrogens is 369 g/mol. The monoisotopic (exact) mass is 391 g/mol. The molecule has 0 spiro atoms. The van der Waals surface area contributed by atoms with Gasteiger partial charge in [0.25, 0.3) is 5.91 Å². The van der Waals surface area contributed by atoms with E-state index >= 15 is 0 Å². The Bertz CT molecular complexity index is 812. The number of anilines is 1. The highest BCUT2D eigenvalue weighted by Crippen LogP contribution is 2.52. The smallest absolute Gasteiger partial charge is 0.267 e. The van der Waals surface area contributed by atoms with Crippen LogP contribution in [-0.4, -0.2) is 23.4 Å². The lowest BCUT2D eigenvalue weighted by Gasteiger charge is -2.39. The van der Waals surface area contributed by atoms with Gasteiger partial charge < -0.3 is 10.2 Å². The molecule has 2 atom stereocenters. The van der Waals surface area contributed by atoms with Crippen LogP contribution in [0.15, 0.2) is 30.0 Å². The van der Waals surface area contributed by atoms with Crippen molar-refractivity contribution in [1.82, 2.24) is 4.90 Å². The van der Waals surface area contributed by atoms with Gasteiger partial charge in [0.05, 0.1) is 10.7 Å². The molecule has 1 aromatic carbocycles. The third-order valence-electron chi connectivity index (χ3n) is 5.29. The fraction of sp³-hybridized carbons (Fsp3) is 0.500. The van der Waals surface area contributed by atoms with Crippen LogP contribution in [0.3, 0.4) is 0 Å². The molecule has 2 fully saturated rings. The van der Waals surface area contributed by atoms with E-state index < -0.39 is 5.91 Å². The molecule has 138 valence electrons. The Morgan fingerprint density at radius 2 is 2.08 bits per heavy atom. The first-order valence-electron chi connectivity index (χ1n) is 8.75. The molecule has 4 nitrogen and oxygen atoms in total. The molecule has 26 heavy (non-hydrogen) atoms. The van der Waals surface area contributed by atoms with Crippen molar-refractivity contribution in [2.75, 3.05) is 11.9 Å². The number of nitriles is 1. The molecule has 1 saturated heterocycles. The van der Waals surface area contributed by atoms with E-state index in [0.717, 1.165) is 25.8 Å². The van der Waals surface area contributed by atoms with Crippen LogP contribution in [0.2, 0.25) is 10.0 Å². The van der Waals surface area contributed by atoms with Crippen molar-refractivity contribution in [3.8, 4) is 6.07 Å². The number of carbonyl (C=O) groups excluding carboxylic acids is 1. The largest absolute Gasteiger partial charge is 0.373 e. The number of amides is 1. The summed E-state index contributed by atoms with van der Waals surface area (Å²) >= 11 is 12.1. The number of nitrogens with one attached hydrogen (secondary N) is 1. The molecule has 2 aliphatic rings. The Hall–Kier alpha value is -1.70. The summed E-state index contributed by atoms with van der Waals surface area (Å²) in [7, 11) is 0. The summed E-state index contributed by atoms with van der Waals surface area (Å²) in [5, 5.41) is 13.0. The van der Waals surface area contributed by atoms with Crippen LogP contribution in [0, 0.1) is 22.2 Å². The third kappa shape index (κ3) is 4.00. The van der Waals surface area contributed by atoms with Gasteiger partial charge in [-0.05, 0) is 48.3 Å². The van der Waals surface area contributed by atoms with E-state index in [4.69, 9.17) is 23.2 Å². The van der Waals surface area contributed by atoms with E-state index in [2.05, 4.69) is 31.0 Å². The minimum absolute atomic E-state index is 0.0787. The van der Waals surface area contributed by atoms with Crippen molar-refractivity contribution < 1.29 is 4.79 Å².